The summed E-state index contributed by atoms with van der Waals surface area (Å²) in [5.41, 5.74) is 0. The molecule has 0 aliphatic heterocycles. The van der Waals surface area contributed by atoms with Gasteiger partial charge < -0.3 is 5.21 Å². The summed E-state index contributed by atoms with van der Waals surface area (Å²) in [6.45, 7) is 1.77. The summed E-state index contributed by atoms with van der Waals surface area (Å²) in [5, 5.41) is 11.7. The number of hydrogen-bond donors (Lipinski definition) is 1. The maximum Gasteiger partial charge on any atom is 0.110 e. The molecule has 4 heteroatoms. The van der Waals surface area contributed by atoms with Crippen molar-refractivity contribution in [2.75, 3.05) is 3.76 Å². The Hall–Kier alpha value is 0.550. The summed E-state index contributed by atoms with van der Waals surface area (Å²) in [5.74, 6) is 0. The number of thioether (sulfide) groups is 1. The topological polar surface area (TPSA) is 32.6 Å². The standard InChI is InChI=1S/C3H6INOS/c1-3(5-6)7-2-4/h6H,2H2,1H3/b5-3-. The molecule has 2 nitrogen and oxygen atoms in total. The van der Waals surface area contributed by atoms with Gasteiger partial charge in [0.05, 0.1) is 3.76 Å². The molecule has 0 aromatic rings. The SMILES string of the molecule is C/C(=N/O)SCI. The maximum atomic E-state index is 8.03. The normalized spacial score (nSPS) is 12.0. The molecule has 0 amide bonds. The van der Waals surface area contributed by atoms with Crippen molar-refractivity contribution in [3.63, 3.8) is 0 Å². The second kappa shape index (κ2) is 4.70. The number of hydrogen-bond acceptors (Lipinski definition) is 3. The van der Waals surface area contributed by atoms with Gasteiger partial charge in [0.25, 0.3) is 0 Å². The van der Waals surface area contributed by atoms with Gasteiger partial charge >= 0.3 is 0 Å². The Kier molecular flexibility index (Phi) is 5.07. The fraction of sp³-hybridized carbons (Fsp3) is 0.667. The summed E-state index contributed by atoms with van der Waals surface area (Å²) in [6, 6.07) is 0. The van der Waals surface area contributed by atoms with Gasteiger partial charge in [0, 0.05) is 0 Å². The zero-order valence-electron chi connectivity index (χ0n) is 3.89. The van der Waals surface area contributed by atoms with E-state index in [4.69, 9.17) is 5.21 Å². The highest BCUT2D eigenvalue weighted by molar-refractivity contribution is 14.1. The molecule has 0 saturated heterocycles. The van der Waals surface area contributed by atoms with Crippen molar-refractivity contribution >= 4 is 39.4 Å². The van der Waals surface area contributed by atoms with E-state index in [0.717, 1.165) is 8.80 Å². The molecule has 0 saturated carbocycles. The quantitative estimate of drug-likeness (QED) is 0.187. The molecule has 0 atom stereocenters. The first-order valence-corrected chi connectivity index (χ1v) is 4.19. The van der Waals surface area contributed by atoms with E-state index in [1.165, 1.54) is 11.8 Å². The summed E-state index contributed by atoms with van der Waals surface area (Å²) >= 11 is 3.71. The van der Waals surface area contributed by atoms with Gasteiger partial charge in [-0.3, -0.25) is 0 Å². The van der Waals surface area contributed by atoms with Gasteiger partial charge in [-0.25, -0.2) is 0 Å². The molecule has 0 aromatic heterocycles. The Balaban J connectivity index is 3.17. The molecule has 1 N–H and O–H groups in total. The Morgan fingerprint density at radius 3 is 2.71 bits per heavy atom. The van der Waals surface area contributed by atoms with E-state index in [1.807, 2.05) is 0 Å². The molecule has 7 heavy (non-hydrogen) atoms. The fourth-order valence-electron chi connectivity index (χ4n) is 0.108. The molecule has 0 rings (SSSR count). The van der Waals surface area contributed by atoms with Crippen molar-refractivity contribution in [3.8, 4) is 0 Å². The van der Waals surface area contributed by atoms with Crippen molar-refractivity contribution in [3.05, 3.63) is 0 Å². The molecule has 42 valence electrons. The number of alkyl halides is 1. The third-order valence-corrected chi connectivity index (χ3v) is 1.95. The molecule has 0 aliphatic carbocycles. The van der Waals surface area contributed by atoms with Crippen molar-refractivity contribution in [2.45, 2.75) is 6.92 Å². The predicted molar refractivity (Wildman–Crippen MR) is 41.4 cm³/mol. The van der Waals surface area contributed by atoms with Gasteiger partial charge in [0.2, 0.25) is 0 Å². The minimum atomic E-state index is 0.717. The van der Waals surface area contributed by atoms with E-state index in [1.54, 1.807) is 6.92 Å². The first-order chi connectivity index (χ1) is 3.31. The van der Waals surface area contributed by atoms with Gasteiger partial charge in [0.15, 0.2) is 0 Å². The van der Waals surface area contributed by atoms with Crippen LogP contribution in [0.3, 0.4) is 0 Å². The van der Waals surface area contributed by atoms with E-state index in [-0.39, 0.29) is 0 Å². The molecule has 0 aromatic carbocycles. The minimum absolute atomic E-state index is 0.717. The largest absolute Gasteiger partial charge is 0.410 e. The second-order valence-electron chi connectivity index (χ2n) is 0.872. The average molecular weight is 231 g/mol. The lowest BCUT2D eigenvalue weighted by atomic mass is 10.9. The highest BCUT2D eigenvalue weighted by Crippen LogP contribution is 2.05. The molecule has 0 unspecified atom stereocenters. The van der Waals surface area contributed by atoms with Crippen LogP contribution < -0.4 is 0 Å². The van der Waals surface area contributed by atoms with E-state index in [2.05, 4.69) is 27.7 Å². The van der Waals surface area contributed by atoms with Crippen molar-refractivity contribution in [1.29, 1.82) is 0 Å². The second-order valence-corrected chi connectivity index (χ2v) is 3.84. The van der Waals surface area contributed by atoms with Gasteiger partial charge in [-0.2, -0.15) is 0 Å². The van der Waals surface area contributed by atoms with Crippen LogP contribution in [-0.2, 0) is 0 Å². The van der Waals surface area contributed by atoms with E-state index in [0.29, 0.717) is 0 Å². The van der Waals surface area contributed by atoms with E-state index < -0.39 is 0 Å². The lowest BCUT2D eigenvalue weighted by Gasteiger charge is -1.86. The fourth-order valence-corrected chi connectivity index (χ4v) is 1.68. The molecule has 0 fully saturated rings. The van der Waals surface area contributed by atoms with E-state index >= 15 is 0 Å². The van der Waals surface area contributed by atoms with E-state index in [9.17, 15) is 0 Å². The zero-order chi connectivity index (χ0) is 5.70. The molecule has 0 aliphatic rings. The molecule has 0 radical (unpaired) electrons. The Labute approximate surface area is 60.5 Å². The first-order valence-electron chi connectivity index (χ1n) is 1.68. The third kappa shape index (κ3) is 4.40. The van der Waals surface area contributed by atoms with Crippen LogP contribution in [0.15, 0.2) is 5.16 Å². The zero-order valence-corrected chi connectivity index (χ0v) is 6.86. The lowest BCUT2D eigenvalue weighted by Crippen LogP contribution is -1.79. The van der Waals surface area contributed by atoms with Crippen LogP contribution in [0.2, 0.25) is 0 Å². The Morgan fingerprint density at radius 1 is 2.00 bits per heavy atom. The average Bonchev–Trinajstić information content (AvgIpc) is 1.68. The van der Waals surface area contributed by atoms with Crippen LogP contribution in [0.25, 0.3) is 0 Å². The molecule has 0 heterocycles. The molecular formula is C3H6INOS. The predicted octanol–water partition coefficient (Wildman–Crippen LogP) is 1.92. The summed E-state index contributed by atoms with van der Waals surface area (Å²) in [4.78, 5) is 0. The monoisotopic (exact) mass is 231 g/mol. The Morgan fingerprint density at radius 2 is 2.57 bits per heavy atom. The van der Waals surface area contributed by atoms with Crippen molar-refractivity contribution < 1.29 is 5.21 Å². The minimum Gasteiger partial charge on any atom is -0.410 e. The first kappa shape index (κ1) is 7.55. The smallest absolute Gasteiger partial charge is 0.110 e. The Bertz CT molecular complexity index is 75.3. The van der Waals surface area contributed by atoms with Crippen LogP contribution >= 0.6 is 34.4 Å². The summed E-state index contributed by atoms with van der Waals surface area (Å²) < 4.78 is 0.938. The third-order valence-electron chi connectivity index (χ3n) is 0.404. The maximum absolute atomic E-state index is 8.03. The van der Waals surface area contributed by atoms with Crippen LogP contribution in [0, 0.1) is 0 Å². The van der Waals surface area contributed by atoms with Gasteiger partial charge in [-0.1, -0.05) is 39.5 Å². The molecular weight excluding hydrogens is 225 g/mol. The number of rotatable bonds is 1. The van der Waals surface area contributed by atoms with Crippen LogP contribution in [0.5, 0.6) is 0 Å². The molecule has 0 bridgehead atoms. The van der Waals surface area contributed by atoms with Crippen LogP contribution in [0.4, 0.5) is 0 Å². The van der Waals surface area contributed by atoms with Crippen LogP contribution in [-0.4, -0.2) is 14.0 Å². The number of oxime groups is 1. The molecule has 0 spiro atoms. The van der Waals surface area contributed by atoms with Crippen molar-refractivity contribution in [1.82, 2.24) is 0 Å². The van der Waals surface area contributed by atoms with Crippen molar-refractivity contribution in [2.24, 2.45) is 5.16 Å². The van der Waals surface area contributed by atoms with Gasteiger partial charge in [-0.05, 0) is 6.92 Å². The van der Waals surface area contributed by atoms with Gasteiger partial charge in [-0.15, -0.1) is 0 Å². The van der Waals surface area contributed by atoms with Crippen LogP contribution in [0.1, 0.15) is 6.92 Å². The van der Waals surface area contributed by atoms with Gasteiger partial charge in [0.1, 0.15) is 5.04 Å². The summed E-state index contributed by atoms with van der Waals surface area (Å²) in [7, 11) is 0. The summed E-state index contributed by atoms with van der Waals surface area (Å²) in [6.07, 6.45) is 0. The number of halogens is 1. The lowest BCUT2D eigenvalue weighted by molar-refractivity contribution is 0.320. The highest BCUT2D eigenvalue weighted by atomic mass is 127. The number of nitrogens with zero attached hydrogens (tertiary/aromatic N) is 1. The highest BCUT2D eigenvalue weighted by Gasteiger charge is 1.85.